The summed E-state index contributed by atoms with van der Waals surface area (Å²) in [6.45, 7) is 3.92. The first kappa shape index (κ1) is 20.1. The van der Waals surface area contributed by atoms with E-state index in [4.69, 9.17) is 4.74 Å². The van der Waals surface area contributed by atoms with Crippen LogP contribution in [0.5, 0.6) is 11.5 Å². The average molecular weight is 389 g/mol. The summed E-state index contributed by atoms with van der Waals surface area (Å²) in [5.41, 5.74) is 1.18. The van der Waals surface area contributed by atoms with Crippen LogP contribution >= 0.6 is 0 Å². The van der Waals surface area contributed by atoms with E-state index in [-0.39, 0.29) is 23.6 Å². The molecule has 2 aromatic carbocycles. The molecule has 29 heavy (non-hydrogen) atoms. The maximum atomic E-state index is 12.5. The molecule has 2 amide bonds. The van der Waals surface area contributed by atoms with Crippen molar-refractivity contribution < 1.29 is 14.3 Å². The van der Waals surface area contributed by atoms with Crippen LogP contribution in [0.1, 0.15) is 41.1 Å². The molecule has 6 heteroatoms. The number of para-hydroxylation sites is 1. The lowest BCUT2D eigenvalue weighted by Crippen LogP contribution is -2.32. The van der Waals surface area contributed by atoms with Crippen LogP contribution in [0.15, 0.2) is 72.9 Å². The van der Waals surface area contributed by atoms with Crippen molar-refractivity contribution in [2.45, 2.75) is 26.3 Å². The normalized spacial score (nSPS) is 11.4. The van der Waals surface area contributed by atoms with E-state index in [1.54, 1.807) is 30.3 Å². The molecule has 0 aliphatic carbocycles. The highest BCUT2D eigenvalue weighted by molar-refractivity contribution is 6.04. The van der Waals surface area contributed by atoms with E-state index in [0.717, 1.165) is 12.2 Å². The summed E-state index contributed by atoms with van der Waals surface area (Å²) in [5, 5.41) is 5.65. The lowest BCUT2D eigenvalue weighted by molar-refractivity contribution is 0.0939. The number of benzene rings is 2. The van der Waals surface area contributed by atoms with Crippen molar-refractivity contribution in [2.24, 2.45) is 0 Å². The first-order chi connectivity index (χ1) is 14.0. The Balaban J connectivity index is 1.64. The predicted molar refractivity (Wildman–Crippen MR) is 112 cm³/mol. The number of nitrogens with zero attached hydrogens (tertiary/aromatic N) is 1. The van der Waals surface area contributed by atoms with Gasteiger partial charge >= 0.3 is 0 Å². The fourth-order valence-corrected chi connectivity index (χ4v) is 2.53. The zero-order chi connectivity index (χ0) is 20.6. The molecule has 0 saturated heterocycles. The van der Waals surface area contributed by atoms with Crippen LogP contribution in [0.25, 0.3) is 0 Å². The van der Waals surface area contributed by atoms with Crippen LogP contribution in [-0.2, 0) is 0 Å². The van der Waals surface area contributed by atoms with E-state index in [2.05, 4.69) is 15.6 Å². The number of anilines is 1. The Kier molecular flexibility index (Phi) is 6.58. The lowest BCUT2D eigenvalue weighted by atomic mass is 10.2. The van der Waals surface area contributed by atoms with Crippen molar-refractivity contribution in [1.82, 2.24) is 10.3 Å². The highest BCUT2D eigenvalue weighted by Gasteiger charge is 2.13. The quantitative estimate of drug-likeness (QED) is 0.616. The summed E-state index contributed by atoms with van der Waals surface area (Å²) >= 11 is 0. The van der Waals surface area contributed by atoms with Crippen molar-refractivity contribution >= 4 is 17.5 Å². The smallest absolute Gasteiger partial charge is 0.274 e. The van der Waals surface area contributed by atoms with E-state index in [1.165, 1.54) is 12.3 Å². The van der Waals surface area contributed by atoms with Gasteiger partial charge in [-0.1, -0.05) is 25.1 Å². The minimum atomic E-state index is -0.389. The summed E-state index contributed by atoms with van der Waals surface area (Å²) in [6.07, 6.45) is 2.28. The van der Waals surface area contributed by atoms with Crippen LogP contribution in [0.4, 0.5) is 5.69 Å². The first-order valence-electron chi connectivity index (χ1n) is 9.46. The van der Waals surface area contributed by atoms with Gasteiger partial charge in [0.1, 0.15) is 17.2 Å². The number of carbonyl (C=O) groups excluding carboxylic acids is 2. The number of pyridine rings is 1. The molecule has 0 aliphatic heterocycles. The van der Waals surface area contributed by atoms with E-state index >= 15 is 0 Å². The molecule has 0 radical (unpaired) electrons. The molecule has 3 rings (SSSR count). The van der Waals surface area contributed by atoms with Gasteiger partial charge in [0.2, 0.25) is 0 Å². The molecule has 1 atom stereocenters. The SMILES string of the molecule is CCC(C)NC(=O)c1ccnc(C(=O)Nc2ccc(Oc3ccccc3)cc2)c1. The zero-order valence-electron chi connectivity index (χ0n) is 16.4. The van der Waals surface area contributed by atoms with Crippen molar-refractivity contribution in [3.63, 3.8) is 0 Å². The average Bonchev–Trinajstić information content (AvgIpc) is 2.75. The minimum Gasteiger partial charge on any atom is -0.457 e. The number of rotatable bonds is 7. The molecule has 3 aromatic rings. The fraction of sp³-hybridized carbons (Fsp3) is 0.174. The topological polar surface area (TPSA) is 80.3 Å². The Morgan fingerprint density at radius 3 is 2.34 bits per heavy atom. The molecule has 0 fully saturated rings. The Bertz CT molecular complexity index is 972. The predicted octanol–water partition coefficient (Wildman–Crippen LogP) is 4.65. The fourth-order valence-electron chi connectivity index (χ4n) is 2.53. The molecule has 0 spiro atoms. The molecule has 0 aliphatic rings. The Hall–Kier alpha value is -3.67. The molecule has 0 bridgehead atoms. The molecular weight excluding hydrogens is 366 g/mol. The van der Waals surface area contributed by atoms with Gasteiger partial charge < -0.3 is 15.4 Å². The molecule has 1 heterocycles. The third-order valence-corrected chi connectivity index (χ3v) is 4.34. The Morgan fingerprint density at radius 1 is 0.966 bits per heavy atom. The van der Waals surface area contributed by atoms with Crippen molar-refractivity contribution in [1.29, 1.82) is 0 Å². The van der Waals surface area contributed by atoms with Gasteiger partial charge in [0.15, 0.2) is 0 Å². The second-order valence-electron chi connectivity index (χ2n) is 6.61. The van der Waals surface area contributed by atoms with Gasteiger partial charge in [-0.3, -0.25) is 14.6 Å². The number of carbonyl (C=O) groups is 2. The monoisotopic (exact) mass is 389 g/mol. The van der Waals surface area contributed by atoms with Crippen LogP contribution in [0, 0.1) is 0 Å². The van der Waals surface area contributed by atoms with Gasteiger partial charge in [0.25, 0.3) is 11.8 Å². The van der Waals surface area contributed by atoms with Crippen LogP contribution in [0.2, 0.25) is 0 Å². The van der Waals surface area contributed by atoms with Gasteiger partial charge in [-0.15, -0.1) is 0 Å². The summed E-state index contributed by atoms with van der Waals surface area (Å²) < 4.78 is 5.74. The highest BCUT2D eigenvalue weighted by Crippen LogP contribution is 2.22. The molecule has 6 nitrogen and oxygen atoms in total. The summed E-state index contributed by atoms with van der Waals surface area (Å²) in [6, 6.07) is 19.6. The van der Waals surface area contributed by atoms with Gasteiger partial charge in [-0.05, 0) is 61.9 Å². The number of hydrogen-bond donors (Lipinski definition) is 2. The number of amides is 2. The summed E-state index contributed by atoms with van der Waals surface area (Å²) in [7, 11) is 0. The van der Waals surface area contributed by atoms with E-state index < -0.39 is 0 Å². The number of nitrogens with one attached hydrogen (secondary N) is 2. The van der Waals surface area contributed by atoms with Gasteiger partial charge in [0, 0.05) is 23.5 Å². The van der Waals surface area contributed by atoms with E-state index in [0.29, 0.717) is 17.0 Å². The number of hydrogen-bond acceptors (Lipinski definition) is 4. The maximum Gasteiger partial charge on any atom is 0.274 e. The molecule has 0 saturated carbocycles. The van der Waals surface area contributed by atoms with Crippen LogP contribution in [0.3, 0.4) is 0 Å². The van der Waals surface area contributed by atoms with Crippen LogP contribution in [-0.4, -0.2) is 22.8 Å². The number of ether oxygens (including phenoxy) is 1. The largest absolute Gasteiger partial charge is 0.457 e. The molecule has 1 aromatic heterocycles. The third kappa shape index (κ3) is 5.65. The summed E-state index contributed by atoms with van der Waals surface area (Å²) in [5.74, 6) is 0.787. The van der Waals surface area contributed by atoms with Crippen LogP contribution < -0.4 is 15.4 Å². The standard InChI is InChI=1S/C23H23N3O3/c1-3-16(2)25-22(27)17-13-14-24-21(15-17)23(28)26-18-9-11-20(12-10-18)29-19-7-5-4-6-8-19/h4-16H,3H2,1-2H3,(H,25,27)(H,26,28). The second kappa shape index (κ2) is 9.50. The zero-order valence-corrected chi connectivity index (χ0v) is 16.4. The lowest BCUT2D eigenvalue weighted by Gasteiger charge is -2.12. The van der Waals surface area contributed by atoms with Gasteiger partial charge in [-0.2, -0.15) is 0 Å². The molecule has 2 N–H and O–H groups in total. The number of aromatic nitrogens is 1. The van der Waals surface area contributed by atoms with Crippen molar-refractivity contribution in [3.8, 4) is 11.5 Å². The molecular formula is C23H23N3O3. The van der Waals surface area contributed by atoms with Gasteiger partial charge in [-0.25, -0.2) is 0 Å². The Morgan fingerprint density at radius 2 is 1.66 bits per heavy atom. The Labute approximate surface area is 169 Å². The second-order valence-corrected chi connectivity index (χ2v) is 6.61. The van der Waals surface area contributed by atoms with E-state index in [9.17, 15) is 9.59 Å². The molecule has 1 unspecified atom stereocenters. The van der Waals surface area contributed by atoms with Crippen molar-refractivity contribution in [2.75, 3.05) is 5.32 Å². The minimum absolute atomic E-state index is 0.0598. The van der Waals surface area contributed by atoms with Crippen molar-refractivity contribution in [3.05, 3.63) is 84.2 Å². The highest BCUT2D eigenvalue weighted by atomic mass is 16.5. The first-order valence-corrected chi connectivity index (χ1v) is 9.46. The maximum absolute atomic E-state index is 12.5. The summed E-state index contributed by atoms with van der Waals surface area (Å²) in [4.78, 5) is 28.8. The van der Waals surface area contributed by atoms with E-state index in [1.807, 2.05) is 44.2 Å². The molecule has 148 valence electrons. The van der Waals surface area contributed by atoms with Gasteiger partial charge in [0.05, 0.1) is 0 Å². The third-order valence-electron chi connectivity index (χ3n) is 4.34.